The topological polar surface area (TPSA) is 86.2 Å². The van der Waals surface area contributed by atoms with Gasteiger partial charge in [0.2, 0.25) is 11.8 Å². The molecule has 1 fully saturated rings. The number of hydrogen-bond acceptors (Lipinski definition) is 2. The number of rotatable bonds is 4. The molecule has 0 bridgehead atoms. The summed E-state index contributed by atoms with van der Waals surface area (Å²) >= 11 is 0. The number of amides is 2. The molecule has 1 saturated carbocycles. The zero-order chi connectivity index (χ0) is 11.4. The average molecular weight is 212 g/mol. The summed E-state index contributed by atoms with van der Waals surface area (Å²) in [7, 11) is 0. The SMILES string of the molecule is CC1CCC(C(CC(N)=O)C(N)=O)CC1. The van der Waals surface area contributed by atoms with E-state index in [1.807, 2.05) is 0 Å². The van der Waals surface area contributed by atoms with Gasteiger partial charge in [0, 0.05) is 12.3 Å². The fourth-order valence-corrected chi connectivity index (χ4v) is 2.40. The Hall–Kier alpha value is -1.06. The molecular formula is C11H20N2O2. The summed E-state index contributed by atoms with van der Waals surface area (Å²) in [5.74, 6) is -0.185. The van der Waals surface area contributed by atoms with Crippen molar-refractivity contribution < 1.29 is 9.59 Å². The van der Waals surface area contributed by atoms with Gasteiger partial charge in [-0.15, -0.1) is 0 Å². The number of nitrogens with two attached hydrogens (primary N) is 2. The monoisotopic (exact) mass is 212 g/mol. The Bertz CT molecular complexity index is 245. The number of hydrogen-bond donors (Lipinski definition) is 2. The van der Waals surface area contributed by atoms with Gasteiger partial charge in [-0.05, 0) is 24.7 Å². The Morgan fingerprint density at radius 2 is 1.73 bits per heavy atom. The van der Waals surface area contributed by atoms with Gasteiger partial charge in [0.15, 0.2) is 0 Å². The lowest BCUT2D eigenvalue weighted by atomic mass is 9.75. The summed E-state index contributed by atoms with van der Waals surface area (Å²) in [5, 5.41) is 0. The molecule has 1 aliphatic rings. The van der Waals surface area contributed by atoms with Gasteiger partial charge in [-0.3, -0.25) is 9.59 Å². The van der Waals surface area contributed by atoms with Crippen LogP contribution in [-0.4, -0.2) is 11.8 Å². The van der Waals surface area contributed by atoms with E-state index in [1.165, 1.54) is 0 Å². The van der Waals surface area contributed by atoms with Crippen molar-refractivity contribution in [2.24, 2.45) is 29.2 Å². The third-order valence-corrected chi connectivity index (χ3v) is 3.42. The van der Waals surface area contributed by atoms with E-state index in [0.29, 0.717) is 0 Å². The molecular weight excluding hydrogens is 192 g/mol. The first-order valence-electron chi connectivity index (χ1n) is 5.58. The van der Waals surface area contributed by atoms with Gasteiger partial charge in [-0.1, -0.05) is 19.8 Å². The van der Waals surface area contributed by atoms with Crippen LogP contribution in [0.15, 0.2) is 0 Å². The standard InChI is InChI=1S/C11H20N2O2/c1-7-2-4-8(5-3-7)9(11(13)15)6-10(12)14/h7-9H,2-6H2,1H3,(H2,12,14)(H2,13,15). The van der Waals surface area contributed by atoms with Crippen molar-refractivity contribution in [3.63, 3.8) is 0 Å². The second-order valence-electron chi connectivity index (χ2n) is 4.70. The van der Waals surface area contributed by atoms with Crippen LogP contribution in [-0.2, 0) is 9.59 Å². The molecule has 86 valence electrons. The first kappa shape index (κ1) is 12.0. The Morgan fingerprint density at radius 3 is 2.13 bits per heavy atom. The van der Waals surface area contributed by atoms with Crippen molar-refractivity contribution in [2.75, 3.05) is 0 Å². The van der Waals surface area contributed by atoms with Crippen LogP contribution >= 0.6 is 0 Å². The molecule has 0 aromatic heterocycles. The van der Waals surface area contributed by atoms with E-state index in [-0.39, 0.29) is 24.2 Å². The van der Waals surface area contributed by atoms with Crippen LogP contribution in [0.2, 0.25) is 0 Å². The average Bonchev–Trinajstić information content (AvgIpc) is 2.15. The lowest BCUT2D eigenvalue weighted by Crippen LogP contribution is -2.35. The van der Waals surface area contributed by atoms with E-state index in [2.05, 4.69) is 6.92 Å². The quantitative estimate of drug-likeness (QED) is 0.721. The molecule has 4 nitrogen and oxygen atoms in total. The zero-order valence-corrected chi connectivity index (χ0v) is 9.24. The van der Waals surface area contributed by atoms with E-state index in [9.17, 15) is 9.59 Å². The summed E-state index contributed by atoms with van der Waals surface area (Å²) in [6, 6.07) is 0. The molecule has 1 rings (SSSR count). The number of carbonyl (C=O) groups is 2. The third kappa shape index (κ3) is 3.53. The van der Waals surface area contributed by atoms with Gasteiger partial charge < -0.3 is 11.5 Å². The van der Waals surface area contributed by atoms with Crippen LogP contribution in [0.1, 0.15) is 39.0 Å². The molecule has 0 spiro atoms. The molecule has 1 atom stereocenters. The number of carbonyl (C=O) groups excluding carboxylic acids is 2. The lowest BCUT2D eigenvalue weighted by Gasteiger charge is -2.30. The Morgan fingerprint density at radius 1 is 1.20 bits per heavy atom. The van der Waals surface area contributed by atoms with E-state index in [1.54, 1.807) is 0 Å². The third-order valence-electron chi connectivity index (χ3n) is 3.42. The zero-order valence-electron chi connectivity index (χ0n) is 9.24. The van der Waals surface area contributed by atoms with E-state index >= 15 is 0 Å². The van der Waals surface area contributed by atoms with Crippen molar-refractivity contribution in [3.8, 4) is 0 Å². The van der Waals surface area contributed by atoms with Crippen molar-refractivity contribution in [1.82, 2.24) is 0 Å². The smallest absolute Gasteiger partial charge is 0.221 e. The van der Waals surface area contributed by atoms with Gasteiger partial charge in [-0.25, -0.2) is 0 Å². The molecule has 1 aliphatic carbocycles. The van der Waals surface area contributed by atoms with Crippen LogP contribution in [0.3, 0.4) is 0 Å². The Balaban J connectivity index is 2.56. The maximum Gasteiger partial charge on any atom is 0.221 e. The fraction of sp³-hybridized carbons (Fsp3) is 0.818. The van der Waals surface area contributed by atoms with Gasteiger partial charge in [0.05, 0.1) is 0 Å². The molecule has 1 unspecified atom stereocenters. The van der Waals surface area contributed by atoms with Crippen LogP contribution in [0.5, 0.6) is 0 Å². The van der Waals surface area contributed by atoms with Crippen LogP contribution < -0.4 is 11.5 Å². The van der Waals surface area contributed by atoms with Gasteiger partial charge in [0.1, 0.15) is 0 Å². The molecule has 4 heteroatoms. The molecule has 0 aliphatic heterocycles. The van der Waals surface area contributed by atoms with Gasteiger partial charge in [-0.2, -0.15) is 0 Å². The highest BCUT2D eigenvalue weighted by Gasteiger charge is 2.30. The van der Waals surface area contributed by atoms with Crippen LogP contribution in [0, 0.1) is 17.8 Å². The molecule has 0 aromatic rings. The highest BCUT2D eigenvalue weighted by atomic mass is 16.2. The van der Waals surface area contributed by atoms with Gasteiger partial charge >= 0.3 is 0 Å². The molecule has 15 heavy (non-hydrogen) atoms. The van der Waals surface area contributed by atoms with Crippen LogP contribution in [0.4, 0.5) is 0 Å². The summed E-state index contributed by atoms with van der Waals surface area (Å²) in [5.41, 5.74) is 10.4. The number of primary amides is 2. The largest absolute Gasteiger partial charge is 0.370 e. The van der Waals surface area contributed by atoms with E-state index in [0.717, 1.165) is 31.6 Å². The first-order valence-corrected chi connectivity index (χ1v) is 5.58. The minimum absolute atomic E-state index is 0.106. The highest BCUT2D eigenvalue weighted by Crippen LogP contribution is 2.34. The maximum absolute atomic E-state index is 11.2. The summed E-state index contributed by atoms with van der Waals surface area (Å²) in [6.07, 6.45) is 4.32. The second-order valence-corrected chi connectivity index (χ2v) is 4.70. The summed E-state index contributed by atoms with van der Waals surface area (Å²) < 4.78 is 0. The Labute approximate surface area is 90.4 Å². The molecule has 2 amide bonds. The van der Waals surface area contributed by atoms with E-state index in [4.69, 9.17) is 11.5 Å². The van der Waals surface area contributed by atoms with E-state index < -0.39 is 5.91 Å². The van der Waals surface area contributed by atoms with Crippen molar-refractivity contribution in [2.45, 2.75) is 39.0 Å². The minimum atomic E-state index is -0.433. The fourth-order valence-electron chi connectivity index (χ4n) is 2.40. The predicted octanol–water partition coefficient (Wildman–Crippen LogP) is 0.790. The second kappa shape index (κ2) is 5.14. The molecule has 0 heterocycles. The first-order chi connectivity index (χ1) is 7.00. The molecule has 0 radical (unpaired) electrons. The van der Waals surface area contributed by atoms with Gasteiger partial charge in [0.25, 0.3) is 0 Å². The molecule has 4 N–H and O–H groups in total. The molecule has 0 aromatic carbocycles. The lowest BCUT2D eigenvalue weighted by molar-refractivity contribution is -0.129. The van der Waals surface area contributed by atoms with Crippen molar-refractivity contribution >= 4 is 11.8 Å². The predicted molar refractivity (Wildman–Crippen MR) is 57.6 cm³/mol. The van der Waals surface area contributed by atoms with Crippen LogP contribution in [0.25, 0.3) is 0 Å². The van der Waals surface area contributed by atoms with Crippen molar-refractivity contribution in [1.29, 1.82) is 0 Å². The maximum atomic E-state index is 11.2. The highest BCUT2D eigenvalue weighted by molar-refractivity contribution is 5.84. The summed E-state index contributed by atoms with van der Waals surface area (Å²) in [6.45, 7) is 2.21. The minimum Gasteiger partial charge on any atom is -0.370 e. The molecule has 0 saturated heterocycles. The summed E-state index contributed by atoms with van der Waals surface area (Å²) in [4.78, 5) is 22.1. The Kier molecular flexibility index (Phi) is 4.12. The van der Waals surface area contributed by atoms with Crippen molar-refractivity contribution in [3.05, 3.63) is 0 Å². The normalized spacial score (nSPS) is 28.3.